The number of halogens is 1. The van der Waals surface area contributed by atoms with Gasteiger partial charge < -0.3 is 4.90 Å². The fraction of sp³-hybridized carbons (Fsp3) is 0.364. The van der Waals surface area contributed by atoms with Crippen molar-refractivity contribution < 1.29 is 9.31 Å². The first-order valence-electron chi connectivity index (χ1n) is 5.03. The smallest absolute Gasteiger partial charge is 0.274 e. The molecule has 1 aromatic rings. The van der Waals surface area contributed by atoms with E-state index in [-0.39, 0.29) is 12.2 Å². The van der Waals surface area contributed by atoms with Crippen molar-refractivity contribution in [2.24, 2.45) is 0 Å². The van der Waals surface area contributed by atoms with Crippen LogP contribution >= 0.6 is 0 Å². The second kappa shape index (κ2) is 5.92. The van der Waals surface area contributed by atoms with Gasteiger partial charge in [0.05, 0.1) is 11.0 Å². The molecule has 6 heteroatoms. The fourth-order valence-corrected chi connectivity index (χ4v) is 1.47. The van der Waals surface area contributed by atoms with Gasteiger partial charge in [0.15, 0.2) is 0 Å². The van der Waals surface area contributed by atoms with Crippen LogP contribution < -0.4 is 0 Å². The molecular weight excluding hydrogens is 225 g/mol. The Morgan fingerprint density at radius 2 is 2.29 bits per heavy atom. The zero-order chi connectivity index (χ0) is 12.8. The number of nitro benzene ring substituents is 1. The van der Waals surface area contributed by atoms with Crippen molar-refractivity contribution in [2.45, 2.75) is 13.0 Å². The molecule has 0 fully saturated rings. The lowest BCUT2D eigenvalue weighted by molar-refractivity contribution is -0.385. The lowest BCUT2D eigenvalue weighted by Crippen LogP contribution is -2.19. The van der Waals surface area contributed by atoms with Gasteiger partial charge in [0.1, 0.15) is 5.82 Å². The molecule has 17 heavy (non-hydrogen) atoms. The van der Waals surface area contributed by atoms with E-state index in [4.69, 9.17) is 5.26 Å². The molecule has 0 spiro atoms. The largest absolute Gasteiger partial charge is 0.301 e. The molecule has 5 nitrogen and oxygen atoms in total. The summed E-state index contributed by atoms with van der Waals surface area (Å²) in [4.78, 5) is 11.9. The number of hydrogen-bond donors (Lipinski definition) is 0. The Kier molecular flexibility index (Phi) is 4.55. The summed E-state index contributed by atoms with van der Waals surface area (Å²) in [5, 5.41) is 19.2. The number of nitro groups is 1. The first-order valence-corrected chi connectivity index (χ1v) is 5.03. The van der Waals surface area contributed by atoms with E-state index < -0.39 is 10.7 Å². The second-order valence-corrected chi connectivity index (χ2v) is 3.68. The normalized spacial score (nSPS) is 10.2. The summed E-state index contributed by atoms with van der Waals surface area (Å²) in [5.74, 6) is -0.501. The summed E-state index contributed by atoms with van der Waals surface area (Å²) < 4.78 is 13.0. The Labute approximate surface area is 98.2 Å². The zero-order valence-corrected chi connectivity index (χ0v) is 9.39. The maximum atomic E-state index is 13.0. The molecule has 0 aliphatic carbocycles. The summed E-state index contributed by atoms with van der Waals surface area (Å²) in [7, 11) is 1.73. The van der Waals surface area contributed by atoms with Gasteiger partial charge in [-0.15, -0.1) is 0 Å². The minimum absolute atomic E-state index is 0.102. The number of benzene rings is 1. The number of hydrogen-bond acceptors (Lipinski definition) is 4. The minimum atomic E-state index is -0.535. The van der Waals surface area contributed by atoms with Gasteiger partial charge in [-0.25, -0.2) is 4.39 Å². The SMILES string of the molecule is CN(CCC#N)Cc1cc(F)ccc1[N+](=O)[O-]. The highest BCUT2D eigenvalue weighted by molar-refractivity contribution is 5.40. The monoisotopic (exact) mass is 237 g/mol. The van der Waals surface area contributed by atoms with Crippen molar-refractivity contribution >= 4 is 5.69 Å². The first-order chi connectivity index (χ1) is 8.04. The second-order valence-electron chi connectivity index (χ2n) is 3.68. The van der Waals surface area contributed by atoms with Crippen LogP contribution in [0.1, 0.15) is 12.0 Å². The summed E-state index contributed by atoms with van der Waals surface area (Å²) >= 11 is 0. The molecule has 90 valence electrons. The van der Waals surface area contributed by atoms with Crippen LogP contribution in [0, 0.1) is 27.3 Å². The van der Waals surface area contributed by atoms with Crippen LogP contribution in [0.3, 0.4) is 0 Å². The molecule has 0 radical (unpaired) electrons. The van der Waals surface area contributed by atoms with Crippen LogP contribution in [-0.2, 0) is 6.54 Å². The third-order valence-corrected chi connectivity index (χ3v) is 2.28. The predicted octanol–water partition coefficient (Wildman–Crippen LogP) is 2.08. The third kappa shape index (κ3) is 3.81. The molecule has 0 N–H and O–H groups in total. The van der Waals surface area contributed by atoms with Crippen LogP contribution in [0.2, 0.25) is 0 Å². The Hall–Kier alpha value is -2.00. The van der Waals surface area contributed by atoms with E-state index in [9.17, 15) is 14.5 Å². The molecule has 0 aliphatic heterocycles. The van der Waals surface area contributed by atoms with Crippen LogP contribution in [0.4, 0.5) is 10.1 Å². The topological polar surface area (TPSA) is 70.2 Å². The lowest BCUT2D eigenvalue weighted by Gasteiger charge is -2.14. The van der Waals surface area contributed by atoms with E-state index in [1.54, 1.807) is 11.9 Å². The molecule has 1 rings (SSSR count). The van der Waals surface area contributed by atoms with Gasteiger partial charge in [-0.05, 0) is 19.2 Å². The van der Waals surface area contributed by atoms with Crippen LogP contribution in [0.5, 0.6) is 0 Å². The molecule has 1 aromatic carbocycles. The van der Waals surface area contributed by atoms with Crippen molar-refractivity contribution in [3.05, 3.63) is 39.7 Å². The average Bonchev–Trinajstić information content (AvgIpc) is 2.26. The predicted molar refractivity (Wildman–Crippen MR) is 59.6 cm³/mol. The van der Waals surface area contributed by atoms with Gasteiger partial charge in [0.2, 0.25) is 0 Å². The van der Waals surface area contributed by atoms with Crippen molar-refractivity contribution in [1.82, 2.24) is 4.90 Å². The summed E-state index contributed by atoms with van der Waals surface area (Å²) in [6, 6.07) is 5.36. The number of nitriles is 1. The molecule has 0 saturated heterocycles. The number of nitrogens with zero attached hydrogens (tertiary/aromatic N) is 3. The Morgan fingerprint density at radius 1 is 1.59 bits per heavy atom. The summed E-state index contributed by atoms with van der Waals surface area (Å²) in [5.41, 5.74) is 0.214. The van der Waals surface area contributed by atoms with Gasteiger partial charge in [-0.2, -0.15) is 5.26 Å². The van der Waals surface area contributed by atoms with E-state index in [0.717, 1.165) is 18.2 Å². The van der Waals surface area contributed by atoms with E-state index >= 15 is 0 Å². The highest BCUT2D eigenvalue weighted by Gasteiger charge is 2.15. The van der Waals surface area contributed by atoms with Crippen LogP contribution in [-0.4, -0.2) is 23.4 Å². The average molecular weight is 237 g/mol. The summed E-state index contributed by atoms with van der Waals surface area (Å²) in [6.07, 6.45) is 0.333. The molecule has 0 heterocycles. The van der Waals surface area contributed by atoms with Gasteiger partial charge in [0, 0.05) is 31.1 Å². The molecular formula is C11H12FN3O2. The van der Waals surface area contributed by atoms with E-state index in [1.807, 2.05) is 6.07 Å². The van der Waals surface area contributed by atoms with Gasteiger partial charge in [-0.1, -0.05) is 0 Å². The quantitative estimate of drug-likeness (QED) is 0.580. The van der Waals surface area contributed by atoms with Crippen molar-refractivity contribution in [1.29, 1.82) is 5.26 Å². The van der Waals surface area contributed by atoms with Gasteiger partial charge in [-0.3, -0.25) is 10.1 Å². The van der Waals surface area contributed by atoms with E-state index in [0.29, 0.717) is 18.5 Å². The molecule has 0 unspecified atom stereocenters. The zero-order valence-electron chi connectivity index (χ0n) is 9.39. The van der Waals surface area contributed by atoms with E-state index in [1.165, 1.54) is 0 Å². The third-order valence-electron chi connectivity index (χ3n) is 2.28. The number of rotatable bonds is 5. The Bertz CT molecular complexity index is 457. The van der Waals surface area contributed by atoms with Gasteiger partial charge in [0.25, 0.3) is 5.69 Å². The Balaban J connectivity index is 2.85. The van der Waals surface area contributed by atoms with Crippen LogP contribution in [0.25, 0.3) is 0 Å². The van der Waals surface area contributed by atoms with Crippen LogP contribution in [0.15, 0.2) is 18.2 Å². The highest BCUT2D eigenvalue weighted by atomic mass is 19.1. The molecule has 0 aromatic heterocycles. The maximum Gasteiger partial charge on any atom is 0.274 e. The molecule has 0 aliphatic rings. The molecule has 0 saturated carbocycles. The molecule has 0 atom stereocenters. The van der Waals surface area contributed by atoms with Crippen molar-refractivity contribution in [3.8, 4) is 6.07 Å². The lowest BCUT2D eigenvalue weighted by atomic mass is 10.1. The minimum Gasteiger partial charge on any atom is -0.301 e. The van der Waals surface area contributed by atoms with Crippen molar-refractivity contribution in [2.75, 3.05) is 13.6 Å². The van der Waals surface area contributed by atoms with Crippen molar-refractivity contribution in [3.63, 3.8) is 0 Å². The maximum absolute atomic E-state index is 13.0. The standard InChI is InChI=1S/C11H12FN3O2/c1-14(6-2-5-13)8-9-7-10(12)3-4-11(9)15(16)17/h3-4,7H,2,6,8H2,1H3. The Morgan fingerprint density at radius 3 is 2.88 bits per heavy atom. The van der Waals surface area contributed by atoms with Gasteiger partial charge >= 0.3 is 0 Å². The van der Waals surface area contributed by atoms with E-state index in [2.05, 4.69) is 0 Å². The summed E-state index contributed by atoms with van der Waals surface area (Å²) in [6.45, 7) is 0.736. The highest BCUT2D eigenvalue weighted by Crippen LogP contribution is 2.20. The molecule has 0 bridgehead atoms. The first kappa shape index (κ1) is 13.1. The molecule has 0 amide bonds. The fourth-order valence-electron chi connectivity index (χ4n) is 1.47.